The van der Waals surface area contributed by atoms with Crippen molar-refractivity contribution in [3.8, 4) is 11.3 Å². The Labute approximate surface area is 108 Å². The second kappa shape index (κ2) is 3.92. The minimum absolute atomic E-state index is 0.0687. The molecule has 19 heavy (non-hydrogen) atoms. The summed E-state index contributed by atoms with van der Waals surface area (Å²) in [6, 6.07) is 6.16. The average molecular weight is 279 g/mol. The molecule has 0 saturated heterocycles. The maximum Gasteiger partial charge on any atom is 0.358 e. The van der Waals surface area contributed by atoms with Crippen molar-refractivity contribution in [2.45, 2.75) is 11.3 Å². The van der Waals surface area contributed by atoms with E-state index in [9.17, 15) is 13.2 Å². The van der Waals surface area contributed by atoms with Crippen molar-refractivity contribution >= 4 is 15.8 Å². The van der Waals surface area contributed by atoms with Crippen LogP contribution in [-0.4, -0.2) is 30.4 Å². The first-order chi connectivity index (χ1) is 8.99. The number of hydrogen-bond donors (Lipinski definition) is 1. The quantitative estimate of drug-likeness (QED) is 0.891. The molecule has 0 saturated carbocycles. The second-order valence-corrected chi connectivity index (χ2v) is 6.31. The van der Waals surface area contributed by atoms with Gasteiger partial charge < -0.3 is 9.63 Å². The molecule has 1 aromatic heterocycles. The Morgan fingerprint density at radius 3 is 2.84 bits per heavy atom. The first kappa shape index (κ1) is 11.9. The molecule has 1 aliphatic rings. The normalized spacial score (nSPS) is 16.2. The number of rotatable bonds is 2. The van der Waals surface area contributed by atoms with Gasteiger partial charge in [-0.05, 0) is 18.1 Å². The molecule has 0 fully saturated rings. The van der Waals surface area contributed by atoms with E-state index in [2.05, 4.69) is 5.16 Å². The van der Waals surface area contributed by atoms with Crippen molar-refractivity contribution < 1.29 is 22.8 Å². The smallest absolute Gasteiger partial charge is 0.358 e. The predicted octanol–water partition coefficient (Wildman–Crippen LogP) is 1.37. The molecule has 2 aromatic rings. The lowest BCUT2D eigenvalue weighted by atomic mass is 10.0. The fraction of sp³-hybridized carbons (Fsp3) is 0.167. The van der Waals surface area contributed by atoms with Gasteiger partial charge in [0.2, 0.25) is 0 Å². The number of benzene rings is 1. The van der Waals surface area contributed by atoms with E-state index in [-0.39, 0.29) is 17.2 Å². The lowest BCUT2D eigenvalue weighted by molar-refractivity contribution is 0.0686. The fourth-order valence-electron chi connectivity index (χ4n) is 2.20. The minimum Gasteiger partial charge on any atom is -0.476 e. The van der Waals surface area contributed by atoms with E-state index >= 15 is 0 Å². The van der Waals surface area contributed by atoms with Gasteiger partial charge in [-0.3, -0.25) is 0 Å². The molecular weight excluding hydrogens is 270 g/mol. The summed E-state index contributed by atoms with van der Waals surface area (Å²) in [5.74, 6) is -0.847. The monoisotopic (exact) mass is 279 g/mol. The zero-order valence-electron chi connectivity index (χ0n) is 9.66. The number of sulfone groups is 1. The molecule has 0 spiro atoms. The highest BCUT2D eigenvalue weighted by Gasteiger charge is 2.29. The summed E-state index contributed by atoms with van der Waals surface area (Å²) in [6.45, 7) is 0. The number of aromatic nitrogens is 1. The minimum atomic E-state index is -3.22. The number of nitrogens with zero attached hydrogens (tertiary/aromatic N) is 1. The van der Waals surface area contributed by atoms with Crippen LogP contribution in [0.4, 0.5) is 0 Å². The Morgan fingerprint density at radius 2 is 2.16 bits per heavy atom. The topological polar surface area (TPSA) is 97.5 Å². The summed E-state index contributed by atoms with van der Waals surface area (Å²) in [6.07, 6.45) is 0.400. The van der Waals surface area contributed by atoms with Crippen molar-refractivity contribution in [2.75, 3.05) is 5.75 Å². The maximum atomic E-state index is 11.8. The molecule has 0 atom stereocenters. The van der Waals surface area contributed by atoms with Gasteiger partial charge in [-0.2, -0.15) is 0 Å². The van der Waals surface area contributed by atoms with Crippen molar-refractivity contribution in [1.29, 1.82) is 0 Å². The molecule has 1 aromatic carbocycles. The molecule has 0 bridgehead atoms. The summed E-state index contributed by atoms with van der Waals surface area (Å²) < 4.78 is 28.6. The van der Waals surface area contributed by atoms with Gasteiger partial charge in [-0.25, -0.2) is 13.2 Å². The predicted molar refractivity (Wildman–Crippen MR) is 64.7 cm³/mol. The van der Waals surface area contributed by atoms with E-state index in [0.717, 1.165) is 0 Å². The van der Waals surface area contributed by atoms with Gasteiger partial charge in [-0.1, -0.05) is 17.3 Å². The second-order valence-electron chi connectivity index (χ2n) is 4.23. The molecule has 3 rings (SSSR count). The van der Waals surface area contributed by atoms with Gasteiger partial charge in [0.15, 0.2) is 21.3 Å². The molecule has 6 nitrogen and oxygen atoms in total. The van der Waals surface area contributed by atoms with Gasteiger partial charge in [0.1, 0.15) is 0 Å². The molecule has 1 aliphatic heterocycles. The first-order valence-electron chi connectivity index (χ1n) is 5.54. The zero-order chi connectivity index (χ0) is 13.6. The number of aromatic carboxylic acids is 1. The van der Waals surface area contributed by atoms with Crippen LogP contribution in [0, 0.1) is 0 Å². The van der Waals surface area contributed by atoms with Crippen molar-refractivity contribution in [3.05, 3.63) is 35.5 Å². The Kier molecular flexibility index (Phi) is 2.46. The molecule has 0 unspecified atom stereocenters. The third kappa shape index (κ3) is 1.82. The Bertz CT molecular complexity index is 775. The molecular formula is C12H9NO5S. The lowest BCUT2D eigenvalue weighted by Gasteiger charge is -2.03. The molecule has 7 heteroatoms. The molecule has 1 N–H and O–H groups in total. The van der Waals surface area contributed by atoms with Crippen LogP contribution >= 0.6 is 0 Å². The largest absolute Gasteiger partial charge is 0.476 e. The van der Waals surface area contributed by atoms with E-state index in [4.69, 9.17) is 9.63 Å². The van der Waals surface area contributed by atoms with E-state index in [0.29, 0.717) is 22.4 Å². The van der Waals surface area contributed by atoms with Crippen LogP contribution in [-0.2, 0) is 16.3 Å². The van der Waals surface area contributed by atoms with Crippen LogP contribution in [0.3, 0.4) is 0 Å². The third-order valence-corrected chi connectivity index (χ3v) is 4.88. The standard InChI is InChI=1S/C12H9NO5S/c14-12(15)9-6-10(18-13-9)7-2-1-3-11-8(7)4-5-19(11,16)17/h1-3,6H,4-5H2,(H,14,15). The molecule has 0 amide bonds. The molecule has 0 radical (unpaired) electrons. The first-order valence-corrected chi connectivity index (χ1v) is 7.19. The molecule has 0 aliphatic carbocycles. The summed E-state index contributed by atoms with van der Waals surface area (Å²) in [5, 5.41) is 12.2. The van der Waals surface area contributed by atoms with Gasteiger partial charge in [0.05, 0.1) is 10.6 Å². The van der Waals surface area contributed by atoms with E-state index in [1.807, 2.05) is 0 Å². The lowest BCUT2D eigenvalue weighted by Crippen LogP contribution is -1.98. The van der Waals surface area contributed by atoms with Gasteiger partial charge in [-0.15, -0.1) is 0 Å². The number of hydrogen-bond acceptors (Lipinski definition) is 5. The van der Waals surface area contributed by atoms with Gasteiger partial charge in [0.25, 0.3) is 0 Å². The van der Waals surface area contributed by atoms with E-state index in [1.165, 1.54) is 6.07 Å². The highest BCUT2D eigenvalue weighted by atomic mass is 32.2. The number of carboxylic acid groups (broad SMARTS) is 1. The Morgan fingerprint density at radius 1 is 1.37 bits per heavy atom. The molecule has 2 heterocycles. The van der Waals surface area contributed by atoms with Crippen molar-refractivity contribution in [3.63, 3.8) is 0 Å². The Balaban J connectivity index is 2.17. The maximum absolute atomic E-state index is 11.8. The van der Waals surface area contributed by atoms with E-state index in [1.54, 1.807) is 18.2 Å². The van der Waals surface area contributed by atoms with Gasteiger partial charge >= 0.3 is 5.97 Å². The van der Waals surface area contributed by atoms with Crippen molar-refractivity contribution in [2.24, 2.45) is 0 Å². The van der Waals surface area contributed by atoms with Crippen LogP contribution in [0.25, 0.3) is 11.3 Å². The fourth-order valence-corrected chi connectivity index (χ4v) is 3.76. The number of carboxylic acids is 1. The number of carbonyl (C=O) groups is 1. The van der Waals surface area contributed by atoms with Crippen molar-refractivity contribution in [1.82, 2.24) is 5.16 Å². The van der Waals surface area contributed by atoms with Crippen LogP contribution in [0.15, 0.2) is 33.7 Å². The van der Waals surface area contributed by atoms with Crippen LogP contribution in [0.1, 0.15) is 16.1 Å². The summed E-state index contributed by atoms with van der Waals surface area (Å²) in [7, 11) is -3.22. The molecule has 98 valence electrons. The Hall–Kier alpha value is -2.15. The van der Waals surface area contributed by atoms with Gasteiger partial charge in [0, 0.05) is 11.6 Å². The summed E-state index contributed by atoms with van der Waals surface area (Å²) in [4.78, 5) is 11.1. The SMILES string of the molecule is O=C(O)c1cc(-c2cccc3c2CCS3(=O)=O)on1. The van der Waals surface area contributed by atoms with Crippen LogP contribution in [0.5, 0.6) is 0 Å². The zero-order valence-corrected chi connectivity index (χ0v) is 10.5. The summed E-state index contributed by atoms with van der Waals surface area (Å²) >= 11 is 0. The number of fused-ring (bicyclic) bond motifs is 1. The average Bonchev–Trinajstić information content (AvgIpc) is 2.95. The third-order valence-electron chi connectivity index (χ3n) is 3.08. The van der Waals surface area contributed by atoms with Crippen LogP contribution in [0.2, 0.25) is 0 Å². The highest BCUT2D eigenvalue weighted by Crippen LogP contribution is 2.34. The summed E-state index contributed by atoms with van der Waals surface area (Å²) in [5.41, 5.74) is 1.04. The highest BCUT2D eigenvalue weighted by molar-refractivity contribution is 7.91. The van der Waals surface area contributed by atoms with Crippen LogP contribution < -0.4 is 0 Å². The van der Waals surface area contributed by atoms with E-state index < -0.39 is 15.8 Å².